The van der Waals surface area contributed by atoms with Crippen molar-refractivity contribution in [2.24, 2.45) is 5.73 Å². The Labute approximate surface area is 106 Å². The average Bonchev–Trinajstić information content (AvgIpc) is 2.27. The van der Waals surface area contributed by atoms with Crippen LogP contribution in [0.5, 0.6) is 0 Å². The molecule has 0 aliphatic heterocycles. The number of pyridine rings is 1. The summed E-state index contributed by atoms with van der Waals surface area (Å²) in [7, 11) is 0. The Morgan fingerprint density at radius 3 is 2.88 bits per heavy atom. The van der Waals surface area contributed by atoms with Crippen LogP contribution in [0.4, 0.5) is 0 Å². The van der Waals surface area contributed by atoms with Crippen LogP contribution in [0.1, 0.15) is 24.9 Å². The quantitative estimate of drug-likeness (QED) is 0.660. The van der Waals surface area contributed by atoms with Crippen molar-refractivity contribution >= 4 is 22.5 Å². The second-order valence-electron chi connectivity index (χ2n) is 4.33. The molecule has 2 N–H and O–H groups in total. The Bertz CT molecular complexity index is 563. The molecule has 17 heavy (non-hydrogen) atoms. The van der Waals surface area contributed by atoms with Crippen molar-refractivity contribution in [3.05, 3.63) is 53.2 Å². The molecule has 1 atom stereocenters. The number of para-hydroxylation sites is 1. The first kappa shape index (κ1) is 12.1. The summed E-state index contributed by atoms with van der Waals surface area (Å²) in [6.07, 6.45) is 0.722. The molecule has 0 spiro atoms. The van der Waals surface area contributed by atoms with Gasteiger partial charge in [0.15, 0.2) is 0 Å². The average molecular weight is 247 g/mol. The van der Waals surface area contributed by atoms with Gasteiger partial charge in [0.05, 0.1) is 5.52 Å². The van der Waals surface area contributed by atoms with Crippen LogP contribution in [0.25, 0.3) is 10.9 Å². The molecule has 0 aliphatic carbocycles. The fourth-order valence-electron chi connectivity index (χ4n) is 1.85. The van der Waals surface area contributed by atoms with Crippen LogP contribution in [0, 0.1) is 0 Å². The highest BCUT2D eigenvalue weighted by molar-refractivity contribution is 6.30. The molecule has 0 fully saturated rings. The Balaban J connectivity index is 2.46. The third-order valence-corrected chi connectivity index (χ3v) is 2.98. The molecule has 0 radical (unpaired) electrons. The number of halogens is 1. The van der Waals surface area contributed by atoms with Gasteiger partial charge in [0.1, 0.15) is 5.15 Å². The molecular weight excluding hydrogens is 232 g/mol. The van der Waals surface area contributed by atoms with Gasteiger partial charge in [-0.05, 0) is 25.5 Å². The Kier molecular flexibility index (Phi) is 3.46. The zero-order valence-corrected chi connectivity index (χ0v) is 10.5. The molecule has 3 heteroatoms. The molecule has 1 aromatic carbocycles. The number of nitrogens with two attached hydrogens (primary N) is 1. The maximum Gasteiger partial charge on any atom is 0.134 e. The van der Waals surface area contributed by atoms with Crippen molar-refractivity contribution in [1.82, 2.24) is 4.98 Å². The fourth-order valence-corrected chi connectivity index (χ4v) is 2.14. The van der Waals surface area contributed by atoms with Crippen molar-refractivity contribution in [2.45, 2.75) is 19.4 Å². The molecule has 0 unspecified atom stereocenters. The van der Waals surface area contributed by atoms with E-state index in [-0.39, 0.29) is 6.04 Å². The lowest BCUT2D eigenvalue weighted by Gasteiger charge is -2.14. The molecule has 2 rings (SSSR count). The summed E-state index contributed by atoms with van der Waals surface area (Å²) in [5, 5.41) is 1.54. The number of hydrogen-bond acceptors (Lipinski definition) is 2. The van der Waals surface area contributed by atoms with E-state index in [0.29, 0.717) is 5.15 Å². The van der Waals surface area contributed by atoms with E-state index < -0.39 is 0 Å². The summed E-state index contributed by atoms with van der Waals surface area (Å²) in [6, 6.07) is 9.74. The van der Waals surface area contributed by atoms with Crippen LogP contribution in [0.3, 0.4) is 0 Å². The third kappa shape index (κ3) is 2.65. The van der Waals surface area contributed by atoms with Crippen molar-refractivity contribution in [3.63, 3.8) is 0 Å². The summed E-state index contributed by atoms with van der Waals surface area (Å²) < 4.78 is 0. The molecule has 0 amide bonds. The molecule has 2 nitrogen and oxygen atoms in total. The second kappa shape index (κ2) is 4.86. The van der Waals surface area contributed by atoms with E-state index in [9.17, 15) is 0 Å². The van der Waals surface area contributed by atoms with E-state index >= 15 is 0 Å². The minimum atomic E-state index is -0.142. The minimum absolute atomic E-state index is 0.142. The van der Waals surface area contributed by atoms with Gasteiger partial charge in [0.25, 0.3) is 0 Å². The van der Waals surface area contributed by atoms with Gasteiger partial charge in [0, 0.05) is 17.0 Å². The van der Waals surface area contributed by atoms with E-state index in [4.69, 9.17) is 17.3 Å². The summed E-state index contributed by atoms with van der Waals surface area (Å²) in [5.41, 5.74) is 8.92. The van der Waals surface area contributed by atoms with Gasteiger partial charge in [-0.25, -0.2) is 4.98 Å². The first-order valence-corrected chi connectivity index (χ1v) is 5.91. The number of hydrogen-bond donors (Lipinski definition) is 1. The normalized spacial score (nSPS) is 12.6. The lowest BCUT2D eigenvalue weighted by molar-refractivity contribution is 0.715. The van der Waals surface area contributed by atoms with Crippen LogP contribution >= 0.6 is 11.6 Å². The van der Waals surface area contributed by atoms with Crippen molar-refractivity contribution < 1.29 is 0 Å². The van der Waals surface area contributed by atoms with Gasteiger partial charge in [-0.1, -0.05) is 35.4 Å². The molecule has 0 saturated carbocycles. The van der Waals surface area contributed by atoms with Gasteiger partial charge in [-0.3, -0.25) is 0 Å². The highest BCUT2D eigenvalue weighted by Crippen LogP contribution is 2.27. The van der Waals surface area contributed by atoms with E-state index in [1.165, 1.54) is 0 Å². The SMILES string of the molecule is C=C(C)C[C@@H](N)c1cc2ccccc2nc1Cl. The molecule has 1 heterocycles. The van der Waals surface area contributed by atoms with Crippen molar-refractivity contribution in [3.8, 4) is 0 Å². The third-order valence-electron chi connectivity index (χ3n) is 2.67. The summed E-state index contributed by atoms with van der Waals surface area (Å²) in [6.45, 7) is 5.83. The Morgan fingerprint density at radius 2 is 2.18 bits per heavy atom. The molecule has 0 aliphatic rings. The van der Waals surface area contributed by atoms with Crippen LogP contribution in [-0.2, 0) is 0 Å². The number of aromatic nitrogens is 1. The highest BCUT2D eigenvalue weighted by atomic mass is 35.5. The molecule has 0 bridgehead atoms. The first-order chi connectivity index (χ1) is 8.08. The topological polar surface area (TPSA) is 38.9 Å². The number of nitrogens with zero attached hydrogens (tertiary/aromatic N) is 1. The largest absolute Gasteiger partial charge is 0.324 e. The zero-order chi connectivity index (χ0) is 12.4. The van der Waals surface area contributed by atoms with Crippen LogP contribution in [0.15, 0.2) is 42.5 Å². The molecular formula is C14H15ClN2. The zero-order valence-electron chi connectivity index (χ0n) is 9.78. The standard InChI is InChI=1S/C14H15ClN2/c1-9(2)7-12(16)11-8-10-5-3-4-6-13(10)17-14(11)15/h3-6,8,12H,1,7,16H2,2H3/t12-/m1/s1. The fraction of sp³-hybridized carbons (Fsp3) is 0.214. The van der Waals surface area contributed by atoms with Gasteiger partial charge < -0.3 is 5.73 Å². The van der Waals surface area contributed by atoms with Gasteiger partial charge in [-0.2, -0.15) is 0 Å². The smallest absolute Gasteiger partial charge is 0.134 e. The molecule has 2 aromatic rings. The van der Waals surface area contributed by atoms with E-state index in [1.807, 2.05) is 37.3 Å². The lowest BCUT2D eigenvalue weighted by Crippen LogP contribution is -2.11. The van der Waals surface area contributed by atoms with Crippen LogP contribution in [-0.4, -0.2) is 4.98 Å². The van der Waals surface area contributed by atoms with Crippen molar-refractivity contribution in [2.75, 3.05) is 0 Å². The summed E-state index contributed by atoms with van der Waals surface area (Å²) in [4.78, 5) is 4.36. The van der Waals surface area contributed by atoms with Crippen LogP contribution < -0.4 is 5.73 Å². The lowest BCUT2D eigenvalue weighted by atomic mass is 10.0. The van der Waals surface area contributed by atoms with Gasteiger partial charge >= 0.3 is 0 Å². The second-order valence-corrected chi connectivity index (χ2v) is 4.69. The maximum atomic E-state index is 6.16. The van der Waals surface area contributed by atoms with Crippen molar-refractivity contribution in [1.29, 1.82) is 0 Å². The maximum absolute atomic E-state index is 6.16. The highest BCUT2D eigenvalue weighted by Gasteiger charge is 2.12. The van der Waals surface area contributed by atoms with Gasteiger partial charge in [-0.15, -0.1) is 6.58 Å². The van der Waals surface area contributed by atoms with Crippen LogP contribution in [0.2, 0.25) is 5.15 Å². The molecule has 1 aromatic heterocycles. The van der Waals surface area contributed by atoms with Gasteiger partial charge in [0.2, 0.25) is 0 Å². The monoisotopic (exact) mass is 246 g/mol. The first-order valence-electron chi connectivity index (χ1n) is 5.53. The predicted molar refractivity (Wildman–Crippen MR) is 73.1 cm³/mol. The minimum Gasteiger partial charge on any atom is -0.324 e. The summed E-state index contributed by atoms with van der Waals surface area (Å²) >= 11 is 6.16. The Morgan fingerprint density at radius 1 is 1.47 bits per heavy atom. The summed E-state index contributed by atoms with van der Waals surface area (Å²) in [5.74, 6) is 0. The number of benzene rings is 1. The number of rotatable bonds is 3. The van der Waals surface area contributed by atoms with E-state index in [1.54, 1.807) is 0 Å². The molecule has 88 valence electrons. The number of fused-ring (bicyclic) bond motifs is 1. The Hall–Kier alpha value is -1.38. The van der Waals surface area contributed by atoms with E-state index in [0.717, 1.165) is 28.5 Å². The predicted octanol–water partition coefficient (Wildman–Crippen LogP) is 3.85. The van der Waals surface area contributed by atoms with E-state index in [2.05, 4.69) is 11.6 Å². The molecule has 0 saturated heterocycles.